The Balaban J connectivity index is 0.000000357. The van der Waals surface area contributed by atoms with Crippen LogP contribution in [-0.2, 0) is 17.4 Å². The summed E-state index contributed by atoms with van der Waals surface area (Å²) in [5.41, 5.74) is 2.96. The first-order valence-corrected chi connectivity index (χ1v) is 10.2. The molecule has 0 amide bonds. The number of aromatic nitrogens is 1. The van der Waals surface area contributed by atoms with Crippen molar-refractivity contribution in [2.24, 2.45) is 0 Å². The lowest BCUT2D eigenvalue weighted by atomic mass is 9.90. The molecule has 0 spiro atoms. The van der Waals surface area contributed by atoms with E-state index in [1.807, 2.05) is 13.0 Å². The van der Waals surface area contributed by atoms with Crippen molar-refractivity contribution in [1.82, 2.24) is 4.98 Å². The highest BCUT2D eigenvalue weighted by Gasteiger charge is 2.31. The second-order valence-corrected chi connectivity index (χ2v) is 7.42. The number of carbonyl (C=O) groups is 1. The zero-order valence-corrected chi connectivity index (χ0v) is 18.8. The number of nitrogens with zero attached hydrogens (tertiary/aromatic N) is 1. The summed E-state index contributed by atoms with van der Waals surface area (Å²) in [7, 11) is 0. The van der Waals surface area contributed by atoms with Gasteiger partial charge in [0, 0.05) is 11.8 Å². The minimum atomic E-state index is -4.44. The maximum Gasteiger partial charge on any atom is 0.416 e. The highest BCUT2D eigenvalue weighted by molar-refractivity contribution is 5.85. The van der Waals surface area contributed by atoms with E-state index in [9.17, 15) is 22.4 Å². The molecule has 3 rings (SSSR count). The van der Waals surface area contributed by atoms with E-state index < -0.39 is 11.7 Å². The second-order valence-electron chi connectivity index (χ2n) is 7.42. The summed E-state index contributed by atoms with van der Waals surface area (Å²) in [5.74, 6) is -0.0412. The van der Waals surface area contributed by atoms with Crippen LogP contribution in [0.15, 0.2) is 66.4 Å². The minimum absolute atomic E-state index is 0.0560. The van der Waals surface area contributed by atoms with Crippen molar-refractivity contribution < 1.29 is 27.1 Å². The van der Waals surface area contributed by atoms with E-state index in [1.54, 1.807) is 45.0 Å². The minimum Gasteiger partial charge on any atom is -0.409 e. The van der Waals surface area contributed by atoms with Crippen LogP contribution < -0.4 is 4.74 Å². The zero-order valence-electron chi connectivity index (χ0n) is 18.8. The number of pyridine rings is 1. The third-order valence-corrected chi connectivity index (χ3v) is 4.87. The Morgan fingerprint density at radius 1 is 1.03 bits per heavy atom. The number of ether oxygens (including phenoxy) is 1. The molecule has 0 bridgehead atoms. The van der Waals surface area contributed by atoms with Gasteiger partial charge in [-0.25, -0.2) is 9.37 Å². The molecule has 0 aliphatic rings. The van der Waals surface area contributed by atoms with Crippen molar-refractivity contribution in [1.29, 1.82) is 0 Å². The van der Waals surface area contributed by atoms with Crippen molar-refractivity contribution >= 4 is 12.0 Å². The lowest BCUT2D eigenvalue weighted by Crippen LogP contribution is -2.07. The van der Waals surface area contributed by atoms with Gasteiger partial charge in [0.05, 0.1) is 5.56 Å². The fraction of sp³-hybridized carbons (Fsp3) is 0.231. The summed E-state index contributed by atoms with van der Waals surface area (Å²) >= 11 is 0. The van der Waals surface area contributed by atoms with Gasteiger partial charge in [-0.3, -0.25) is 4.79 Å². The van der Waals surface area contributed by atoms with Gasteiger partial charge in [-0.2, -0.15) is 13.2 Å². The SMILES string of the molecule is CC(C)=C(c1cc(C(F)(F)F)ccc1C)c1cccnc1OC=O.CCc1ccccc1F. The molecular weight excluding hydrogens is 434 g/mol. The zero-order chi connectivity index (χ0) is 24.6. The lowest BCUT2D eigenvalue weighted by Gasteiger charge is -2.17. The largest absolute Gasteiger partial charge is 0.416 e. The highest BCUT2D eigenvalue weighted by Crippen LogP contribution is 2.37. The van der Waals surface area contributed by atoms with Gasteiger partial charge in [-0.15, -0.1) is 0 Å². The fourth-order valence-corrected chi connectivity index (χ4v) is 3.26. The molecule has 0 aliphatic carbocycles. The monoisotopic (exact) mass is 459 g/mol. The maximum atomic E-state index is 13.1. The summed E-state index contributed by atoms with van der Waals surface area (Å²) in [6.45, 7) is 7.49. The Morgan fingerprint density at radius 2 is 1.73 bits per heavy atom. The molecule has 0 saturated heterocycles. The molecule has 7 heteroatoms. The molecule has 0 fully saturated rings. The summed E-state index contributed by atoms with van der Waals surface area (Å²) in [6.07, 6.45) is -2.22. The van der Waals surface area contributed by atoms with Crippen LogP contribution in [0.3, 0.4) is 0 Å². The number of carbonyl (C=O) groups excluding carboxylic acids is 1. The van der Waals surface area contributed by atoms with Gasteiger partial charge >= 0.3 is 6.18 Å². The quantitative estimate of drug-likeness (QED) is 0.300. The Kier molecular flexibility index (Phi) is 8.91. The first-order valence-electron chi connectivity index (χ1n) is 10.2. The topological polar surface area (TPSA) is 39.2 Å². The Bertz CT molecular complexity index is 1130. The predicted octanol–water partition coefficient (Wildman–Crippen LogP) is 7.17. The van der Waals surface area contributed by atoms with Crippen molar-refractivity contribution in [3.05, 3.63) is 100 Å². The lowest BCUT2D eigenvalue weighted by molar-refractivity contribution is -0.137. The van der Waals surface area contributed by atoms with Gasteiger partial charge < -0.3 is 4.74 Å². The molecule has 0 aliphatic heterocycles. The summed E-state index contributed by atoms with van der Waals surface area (Å²) < 4.78 is 56.7. The average Bonchev–Trinajstić information content (AvgIpc) is 2.76. The third kappa shape index (κ3) is 6.75. The van der Waals surface area contributed by atoms with Gasteiger partial charge in [0.2, 0.25) is 5.88 Å². The number of benzene rings is 2. The van der Waals surface area contributed by atoms with Gasteiger partial charge in [0.15, 0.2) is 0 Å². The third-order valence-electron chi connectivity index (χ3n) is 4.87. The standard InChI is InChI=1S/C18H16F3NO2.C8H9F/c1-11(2)16(14-5-4-8-22-17(14)24-10-23)15-9-13(18(19,20)21)7-6-12(15)3;1-2-7-5-3-4-6-8(7)9/h4-10H,1-3H3;3-6H,2H2,1H3. The summed E-state index contributed by atoms with van der Waals surface area (Å²) in [5, 5.41) is 0. The number of rotatable bonds is 5. The van der Waals surface area contributed by atoms with E-state index in [2.05, 4.69) is 4.98 Å². The van der Waals surface area contributed by atoms with Gasteiger partial charge in [0.1, 0.15) is 5.82 Å². The smallest absolute Gasteiger partial charge is 0.409 e. The molecule has 33 heavy (non-hydrogen) atoms. The highest BCUT2D eigenvalue weighted by atomic mass is 19.4. The van der Waals surface area contributed by atoms with Crippen LogP contribution in [-0.4, -0.2) is 11.5 Å². The number of allylic oxidation sites excluding steroid dienone is 1. The van der Waals surface area contributed by atoms with E-state index in [4.69, 9.17) is 4.74 Å². The number of halogens is 4. The summed E-state index contributed by atoms with van der Waals surface area (Å²) in [4.78, 5) is 14.7. The van der Waals surface area contributed by atoms with E-state index in [1.165, 1.54) is 18.3 Å². The molecule has 3 nitrogen and oxygen atoms in total. The van der Waals surface area contributed by atoms with Crippen LogP contribution in [0.4, 0.5) is 17.6 Å². The van der Waals surface area contributed by atoms with Crippen LogP contribution in [0.1, 0.15) is 48.6 Å². The van der Waals surface area contributed by atoms with Crippen LogP contribution in [0.5, 0.6) is 5.88 Å². The van der Waals surface area contributed by atoms with Crippen LogP contribution >= 0.6 is 0 Å². The van der Waals surface area contributed by atoms with E-state index >= 15 is 0 Å². The van der Waals surface area contributed by atoms with Crippen LogP contribution in [0, 0.1) is 12.7 Å². The molecule has 0 N–H and O–H groups in total. The molecule has 174 valence electrons. The molecule has 1 aromatic heterocycles. The van der Waals surface area contributed by atoms with Crippen molar-refractivity contribution in [2.45, 2.75) is 40.3 Å². The maximum absolute atomic E-state index is 13.1. The second kappa shape index (κ2) is 11.4. The molecule has 2 aromatic carbocycles. The van der Waals surface area contributed by atoms with Crippen molar-refractivity contribution in [3.63, 3.8) is 0 Å². The van der Waals surface area contributed by atoms with E-state index in [0.717, 1.165) is 29.7 Å². The fourth-order valence-electron chi connectivity index (χ4n) is 3.26. The Morgan fingerprint density at radius 3 is 2.27 bits per heavy atom. The molecule has 3 aromatic rings. The van der Waals surface area contributed by atoms with Crippen molar-refractivity contribution in [2.75, 3.05) is 0 Å². The van der Waals surface area contributed by atoms with E-state index in [-0.39, 0.29) is 18.2 Å². The number of hydrogen-bond donors (Lipinski definition) is 0. The van der Waals surface area contributed by atoms with Gasteiger partial charge in [-0.1, -0.05) is 36.8 Å². The molecular formula is C26H25F4NO2. The molecule has 1 heterocycles. The number of aryl methyl sites for hydroxylation is 2. The number of alkyl halides is 3. The van der Waals surface area contributed by atoms with Crippen molar-refractivity contribution in [3.8, 4) is 5.88 Å². The van der Waals surface area contributed by atoms with Crippen LogP contribution in [0.25, 0.3) is 5.57 Å². The molecule has 0 saturated carbocycles. The predicted molar refractivity (Wildman–Crippen MR) is 120 cm³/mol. The van der Waals surface area contributed by atoms with Gasteiger partial charge in [0.25, 0.3) is 6.47 Å². The normalized spacial score (nSPS) is 10.7. The first-order chi connectivity index (χ1) is 15.6. The average molecular weight is 459 g/mol. The molecule has 0 radical (unpaired) electrons. The van der Waals surface area contributed by atoms with E-state index in [0.29, 0.717) is 22.3 Å². The Labute approximate surface area is 190 Å². The molecule has 0 unspecified atom stereocenters. The Hall–Kier alpha value is -3.48. The van der Waals surface area contributed by atoms with Crippen LogP contribution in [0.2, 0.25) is 0 Å². The van der Waals surface area contributed by atoms with Gasteiger partial charge in [-0.05, 0) is 79.8 Å². The number of hydrogen-bond acceptors (Lipinski definition) is 3. The first kappa shape index (κ1) is 25.8. The molecule has 0 atom stereocenters. The summed E-state index contributed by atoms with van der Waals surface area (Å²) in [6, 6.07) is 13.7.